The first-order chi connectivity index (χ1) is 13.5. The van der Waals surface area contributed by atoms with Gasteiger partial charge in [-0.15, -0.1) is 0 Å². The molecule has 1 atom stereocenters. The van der Waals surface area contributed by atoms with Crippen molar-refractivity contribution in [3.05, 3.63) is 41.7 Å². The average molecular weight is 382 g/mol. The molecule has 1 amide bonds. The molecule has 1 aromatic heterocycles. The van der Waals surface area contributed by atoms with Gasteiger partial charge in [-0.2, -0.15) is 0 Å². The summed E-state index contributed by atoms with van der Waals surface area (Å²) in [6.07, 6.45) is 3.75. The van der Waals surface area contributed by atoms with E-state index in [-0.39, 0.29) is 5.91 Å². The summed E-state index contributed by atoms with van der Waals surface area (Å²) in [6, 6.07) is 10.3. The first kappa shape index (κ1) is 19.2. The lowest BCUT2D eigenvalue weighted by Gasteiger charge is -2.34. The normalized spacial score (nSPS) is 21.1. The number of aryl methyl sites for hydroxylation is 1. The third-order valence-electron chi connectivity index (χ3n) is 6.12. The van der Waals surface area contributed by atoms with Crippen LogP contribution in [0.3, 0.4) is 0 Å². The fraction of sp³-hybridized carbons (Fsp3) is 0.565. The van der Waals surface area contributed by atoms with Crippen molar-refractivity contribution < 1.29 is 9.32 Å². The first-order valence-electron chi connectivity index (χ1n) is 10.6. The maximum absolute atomic E-state index is 13.5. The van der Waals surface area contributed by atoms with Crippen molar-refractivity contribution in [3.8, 4) is 11.3 Å². The summed E-state index contributed by atoms with van der Waals surface area (Å²) in [6.45, 7) is 10.2. The number of carbonyl (C=O) groups excluding carboxylic acids is 1. The van der Waals surface area contributed by atoms with E-state index in [1.807, 2.05) is 42.2 Å². The second kappa shape index (κ2) is 8.08. The van der Waals surface area contributed by atoms with Gasteiger partial charge in [0, 0.05) is 37.8 Å². The number of hydrogen-bond donors (Lipinski definition) is 0. The van der Waals surface area contributed by atoms with E-state index < -0.39 is 0 Å². The molecule has 1 saturated heterocycles. The van der Waals surface area contributed by atoms with E-state index in [9.17, 15) is 4.79 Å². The van der Waals surface area contributed by atoms with E-state index in [4.69, 9.17) is 4.52 Å². The average Bonchev–Trinajstić information content (AvgIpc) is 3.46. The lowest BCUT2D eigenvalue weighted by atomic mass is 10.0. The molecular formula is C23H31N3O2. The number of amides is 1. The highest BCUT2D eigenvalue weighted by Gasteiger charge is 2.35. The quantitative estimate of drug-likeness (QED) is 0.778. The van der Waals surface area contributed by atoms with Gasteiger partial charge in [0.1, 0.15) is 17.0 Å². The fourth-order valence-corrected chi connectivity index (χ4v) is 4.31. The largest absolute Gasteiger partial charge is 0.360 e. The van der Waals surface area contributed by atoms with Crippen molar-refractivity contribution in [3.63, 3.8) is 0 Å². The third kappa shape index (κ3) is 4.00. The summed E-state index contributed by atoms with van der Waals surface area (Å²) in [5.41, 5.74) is 2.20. The van der Waals surface area contributed by atoms with Crippen molar-refractivity contribution >= 4 is 5.91 Å². The summed E-state index contributed by atoms with van der Waals surface area (Å²) in [7, 11) is 0. The number of hydrogen-bond acceptors (Lipinski definition) is 4. The van der Waals surface area contributed by atoms with Crippen LogP contribution in [0.4, 0.5) is 0 Å². The molecule has 1 aliphatic carbocycles. The Morgan fingerprint density at radius 1 is 1.21 bits per heavy atom. The molecule has 1 saturated carbocycles. The predicted octanol–water partition coefficient (Wildman–Crippen LogP) is 4.23. The smallest absolute Gasteiger partial charge is 0.259 e. The monoisotopic (exact) mass is 381 g/mol. The van der Waals surface area contributed by atoms with Crippen molar-refractivity contribution in [1.29, 1.82) is 0 Å². The van der Waals surface area contributed by atoms with Gasteiger partial charge in [0.2, 0.25) is 0 Å². The molecule has 0 N–H and O–H groups in total. The van der Waals surface area contributed by atoms with Gasteiger partial charge >= 0.3 is 0 Å². The highest BCUT2D eigenvalue weighted by atomic mass is 16.5. The summed E-state index contributed by atoms with van der Waals surface area (Å²) in [4.78, 5) is 18.2. The molecule has 28 heavy (non-hydrogen) atoms. The van der Waals surface area contributed by atoms with Crippen LogP contribution in [0.5, 0.6) is 0 Å². The maximum Gasteiger partial charge on any atom is 0.259 e. The summed E-state index contributed by atoms with van der Waals surface area (Å²) < 4.78 is 5.44. The SMILES string of the molecule is Cc1onc(-c2ccccc2)c1C(=O)N1CCCN(CC2CC2)C(C(C)C)C1. The Labute approximate surface area is 167 Å². The van der Waals surface area contributed by atoms with E-state index in [2.05, 4.69) is 23.9 Å². The van der Waals surface area contributed by atoms with E-state index in [1.54, 1.807) is 0 Å². The molecule has 2 fully saturated rings. The molecule has 0 radical (unpaired) electrons. The molecule has 5 heteroatoms. The first-order valence-corrected chi connectivity index (χ1v) is 10.6. The molecular weight excluding hydrogens is 350 g/mol. The minimum atomic E-state index is 0.0523. The summed E-state index contributed by atoms with van der Waals surface area (Å²) in [5.74, 6) is 2.04. The van der Waals surface area contributed by atoms with Crippen LogP contribution in [-0.2, 0) is 0 Å². The Kier molecular flexibility index (Phi) is 5.54. The highest BCUT2D eigenvalue weighted by molar-refractivity contribution is 6.00. The van der Waals surface area contributed by atoms with Gasteiger partial charge in [0.15, 0.2) is 0 Å². The van der Waals surface area contributed by atoms with Gasteiger partial charge in [-0.1, -0.05) is 49.3 Å². The zero-order chi connectivity index (χ0) is 19.7. The van der Waals surface area contributed by atoms with E-state index >= 15 is 0 Å². The van der Waals surface area contributed by atoms with Crippen LogP contribution in [0.15, 0.2) is 34.9 Å². The minimum absolute atomic E-state index is 0.0523. The van der Waals surface area contributed by atoms with Crippen LogP contribution in [0, 0.1) is 18.8 Å². The molecule has 150 valence electrons. The Balaban J connectivity index is 1.58. The van der Waals surface area contributed by atoms with Crippen LogP contribution in [0.25, 0.3) is 11.3 Å². The van der Waals surface area contributed by atoms with Gasteiger partial charge in [0.05, 0.1) is 0 Å². The Morgan fingerprint density at radius 2 is 1.96 bits per heavy atom. The van der Waals surface area contributed by atoms with Crippen molar-refractivity contribution in [2.75, 3.05) is 26.2 Å². The number of nitrogens with zero attached hydrogens (tertiary/aromatic N) is 3. The highest BCUT2D eigenvalue weighted by Crippen LogP contribution is 2.32. The molecule has 0 bridgehead atoms. The zero-order valence-corrected chi connectivity index (χ0v) is 17.2. The Morgan fingerprint density at radius 3 is 2.64 bits per heavy atom. The Bertz CT molecular complexity index is 811. The second-order valence-corrected chi connectivity index (χ2v) is 8.68. The van der Waals surface area contributed by atoms with Crippen LogP contribution in [0.1, 0.15) is 49.2 Å². The number of benzene rings is 1. The molecule has 2 aliphatic rings. The van der Waals surface area contributed by atoms with Gasteiger partial charge in [0.25, 0.3) is 5.91 Å². The predicted molar refractivity (Wildman–Crippen MR) is 110 cm³/mol. The summed E-state index contributed by atoms with van der Waals surface area (Å²) in [5, 5.41) is 4.21. The van der Waals surface area contributed by atoms with Gasteiger partial charge in [-0.05, 0) is 38.0 Å². The minimum Gasteiger partial charge on any atom is -0.360 e. The number of aromatic nitrogens is 1. The molecule has 0 spiro atoms. The summed E-state index contributed by atoms with van der Waals surface area (Å²) >= 11 is 0. The van der Waals surface area contributed by atoms with Gasteiger partial charge in [-0.25, -0.2) is 0 Å². The van der Waals surface area contributed by atoms with Gasteiger partial charge in [-0.3, -0.25) is 9.69 Å². The topological polar surface area (TPSA) is 49.6 Å². The number of carbonyl (C=O) groups is 1. The van der Waals surface area contributed by atoms with E-state index in [0.29, 0.717) is 29.0 Å². The van der Waals surface area contributed by atoms with Crippen molar-refractivity contribution in [2.45, 2.75) is 46.1 Å². The standard InChI is InChI=1S/C23H31N3O2/c1-16(2)20-15-26(13-7-12-25(20)14-18-10-11-18)23(27)21-17(3)28-24-22(21)19-8-5-4-6-9-19/h4-6,8-9,16,18,20H,7,10-15H2,1-3H3. The van der Waals surface area contributed by atoms with E-state index in [1.165, 1.54) is 19.4 Å². The fourth-order valence-electron chi connectivity index (χ4n) is 4.31. The zero-order valence-electron chi connectivity index (χ0n) is 17.2. The molecule has 2 aromatic rings. The van der Waals surface area contributed by atoms with Crippen molar-refractivity contribution in [1.82, 2.24) is 15.0 Å². The van der Waals surface area contributed by atoms with Crippen LogP contribution < -0.4 is 0 Å². The van der Waals surface area contributed by atoms with E-state index in [0.717, 1.165) is 37.5 Å². The third-order valence-corrected chi connectivity index (χ3v) is 6.12. The Hall–Kier alpha value is -2.14. The number of rotatable bonds is 5. The molecule has 2 heterocycles. The van der Waals surface area contributed by atoms with Gasteiger partial charge < -0.3 is 9.42 Å². The van der Waals surface area contributed by atoms with Crippen LogP contribution >= 0.6 is 0 Å². The lowest BCUT2D eigenvalue weighted by Crippen LogP contribution is -2.46. The molecule has 4 rings (SSSR count). The molecule has 1 aromatic carbocycles. The molecule has 1 aliphatic heterocycles. The molecule has 1 unspecified atom stereocenters. The van der Waals surface area contributed by atoms with Crippen LogP contribution in [-0.4, -0.2) is 53.1 Å². The van der Waals surface area contributed by atoms with Crippen LogP contribution in [0.2, 0.25) is 0 Å². The van der Waals surface area contributed by atoms with Crippen molar-refractivity contribution in [2.24, 2.45) is 11.8 Å². The maximum atomic E-state index is 13.5. The second-order valence-electron chi connectivity index (χ2n) is 8.68. The molecule has 5 nitrogen and oxygen atoms in total. The lowest BCUT2D eigenvalue weighted by molar-refractivity contribution is 0.0703.